The number of ether oxygens (including phenoxy) is 1. The second-order valence-corrected chi connectivity index (χ2v) is 7.78. The van der Waals surface area contributed by atoms with Crippen LogP contribution in [0.15, 0.2) is 24.3 Å². The normalized spacial score (nSPS) is 20.1. The number of imide groups is 1. The summed E-state index contributed by atoms with van der Waals surface area (Å²) >= 11 is 0. The molecule has 28 heavy (non-hydrogen) atoms. The van der Waals surface area contributed by atoms with Gasteiger partial charge >= 0.3 is 6.03 Å². The third-order valence-corrected chi connectivity index (χ3v) is 5.03. The standard InChI is InChI=1S/C20H27N3O5/c1-20(2)18(26)23(19(27)21-20)12-14(24)13-28-16-9-5-4-8-15(16)17(25)22-10-6-3-7-11-22/h4-5,8-9,14,24H,3,6-7,10-13H2,1-2H3,(H,21,27)/t14-/m1/s1. The number of nitrogens with one attached hydrogen (secondary N) is 1. The van der Waals surface area contributed by atoms with Gasteiger partial charge in [-0.2, -0.15) is 0 Å². The zero-order chi connectivity index (χ0) is 20.3. The lowest BCUT2D eigenvalue weighted by Crippen LogP contribution is -2.42. The number of amides is 4. The SMILES string of the molecule is CC1(C)NC(=O)N(C[C@@H](O)COc2ccccc2C(=O)N2CCCCC2)C1=O. The summed E-state index contributed by atoms with van der Waals surface area (Å²) in [6, 6.07) is 6.39. The van der Waals surface area contributed by atoms with Crippen molar-refractivity contribution in [1.82, 2.24) is 15.1 Å². The number of urea groups is 1. The average Bonchev–Trinajstić information content (AvgIpc) is 2.88. The molecule has 2 heterocycles. The molecule has 0 radical (unpaired) electrons. The molecule has 2 aliphatic rings. The van der Waals surface area contributed by atoms with Crippen molar-refractivity contribution in [2.24, 2.45) is 0 Å². The maximum atomic E-state index is 12.8. The van der Waals surface area contributed by atoms with E-state index in [4.69, 9.17) is 4.74 Å². The van der Waals surface area contributed by atoms with E-state index >= 15 is 0 Å². The van der Waals surface area contributed by atoms with Crippen LogP contribution in [0.3, 0.4) is 0 Å². The molecule has 4 amide bonds. The summed E-state index contributed by atoms with van der Waals surface area (Å²) in [5.41, 5.74) is -0.529. The van der Waals surface area contributed by atoms with Crippen molar-refractivity contribution >= 4 is 17.8 Å². The van der Waals surface area contributed by atoms with Crippen LogP contribution in [0.5, 0.6) is 5.75 Å². The highest BCUT2D eigenvalue weighted by molar-refractivity contribution is 6.06. The van der Waals surface area contributed by atoms with E-state index in [1.807, 2.05) is 4.90 Å². The molecule has 8 heteroatoms. The predicted octanol–water partition coefficient (Wildman–Crippen LogP) is 1.38. The van der Waals surface area contributed by atoms with E-state index < -0.39 is 23.6 Å². The van der Waals surface area contributed by atoms with Gasteiger partial charge in [0.2, 0.25) is 0 Å². The third kappa shape index (κ3) is 4.27. The van der Waals surface area contributed by atoms with Crippen LogP contribution in [0.4, 0.5) is 4.79 Å². The van der Waals surface area contributed by atoms with Crippen molar-refractivity contribution in [3.05, 3.63) is 29.8 Å². The molecule has 0 unspecified atom stereocenters. The van der Waals surface area contributed by atoms with Gasteiger partial charge in [0.15, 0.2) is 0 Å². The highest BCUT2D eigenvalue weighted by atomic mass is 16.5. The van der Waals surface area contributed by atoms with Crippen LogP contribution in [0.25, 0.3) is 0 Å². The average molecular weight is 389 g/mol. The molecule has 0 bridgehead atoms. The van der Waals surface area contributed by atoms with Crippen molar-refractivity contribution in [3.63, 3.8) is 0 Å². The van der Waals surface area contributed by atoms with E-state index in [-0.39, 0.29) is 19.1 Å². The number of hydrogen-bond donors (Lipinski definition) is 2. The lowest BCUT2D eigenvalue weighted by molar-refractivity contribution is -0.131. The van der Waals surface area contributed by atoms with Gasteiger partial charge in [0.25, 0.3) is 11.8 Å². The lowest BCUT2D eigenvalue weighted by atomic mass is 10.1. The largest absolute Gasteiger partial charge is 0.490 e. The molecule has 3 rings (SSSR count). The number of aliphatic hydroxyl groups excluding tert-OH is 1. The number of piperidine rings is 1. The van der Waals surface area contributed by atoms with E-state index in [0.717, 1.165) is 37.3 Å². The van der Waals surface area contributed by atoms with Gasteiger partial charge in [0, 0.05) is 13.1 Å². The van der Waals surface area contributed by atoms with Gasteiger partial charge in [-0.05, 0) is 45.2 Å². The van der Waals surface area contributed by atoms with Gasteiger partial charge in [-0.25, -0.2) is 4.79 Å². The smallest absolute Gasteiger partial charge is 0.325 e. The molecule has 0 aliphatic carbocycles. The van der Waals surface area contributed by atoms with Crippen LogP contribution < -0.4 is 10.1 Å². The second kappa shape index (κ2) is 8.18. The van der Waals surface area contributed by atoms with Crippen LogP contribution in [-0.2, 0) is 4.79 Å². The van der Waals surface area contributed by atoms with E-state index in [2.05, 4.69) is 5.32 Å². The van der Waals surface area contributed by atoms with Crippen molar-refractivity contribution in [2.75, 3.05) is 26.2 Å². The zero-order valence-electron chi connectivity index (χ0n) is 16.3. The summed E-state index contributed by atoms with van der Waals surface area (Å²) < 4.78 is 5.68. The molecule has 2 fully saturated rings. The maximum Gasteiger partial charge on any atom is 0.325 e. The first-order valence-electron chi connectivity index (χ1n) is 9.63. The van der Waals surface area contributed by atoms with Gasteiger partial charge in [0.1, 0.15) is 24.0 Å². The van der Waals surface area contributed by atoms with E-state index in [9.17, 15) is 19.5 Å². The zero-order valence-corrected chi connectivity index (χ0v) is 16.3. The number of carbonyl (C=O) groups is 3. The number of hydrogen-bond acceptors (Lipinski definition) is 5. The number of para-hydroxylation sites is 1. The first-order valence-corrected chi connectivity index (χ1v) is 9.63. The van der Waals surface area contributed by atoms with Gasteiger partial charge in [0.05, 0.1) is 12.1 Å². The Morgan fingerprint density at radius 1 is 1.21 bits per heavy atom. The number of β-amino-alcohol motifs (C(OH)–C–C–N with tert-alkyl or cyclic N) is 1. The number of carbonyl (C=O) groups excluding carboxylic acids is 3. The minimum absolute atomic E-state index is 0.0827. The molecule has 0 spiro atoms. The molecule has 1 atom stereocenters. The van der Waals surface area contributed by atoms with Crippen LogP contribution in [0.1, 0.15) is 43.5 Å². The predicted molar refractivity (Wildman–Crippen MR) is 102 cm³/mol. The van der Waals surface area contributed by atoms with Gasteiger partial charge < -0.3 is 20.1 Å². The second-order valence-electron chi connectivity index (χ2n) is 7.78. The number of nitrogens with zero attached hydrogens (tertiary/aromatic N) is 2. The van der Waals surface area contributed by atoms with Crippen molar-refractivity contribution in [2.45, 2.75) is 44.8 Å². The van der Waals surface area contributed by atoms with Crippen molar-refractivity contribution in [1.29, 1.82) is 0 Å². The summed E-state index contributed by atoms with van der Waals surface area (Å²) in [7, 11) is 0. The highest BCUT2D eigenvalue weighted by Gasteiger charge is 2.44. The Balaban J connectivity index is 1.61. The molecular formula is C20H27N3O5. The summed E-state index contributed by atoms with van der Waals surface area (Å²) in [4.78, 5) is 39.7. The van der Waals surface area contributed by atoms with Gasteiger partial charge in [-0.15, -0.1) is 0 Å². The topological polar surface area (TPSA) is 99.2 Å². The summed E-state index contributed by atoms with van der Waals surface area (Å²) in [5, 5.41) is 12.8. The van der Waals surface area contributed by atoms with Gasteiger partial charge in [-0.3, -0.25) is 14.5 Å². The Morgan fingerprint density at radius 3 is 2.54 bits per heavy atom. The van der Waals surface area contributed by atoms with Crippen molar-refractivity contribution < 1.29 is 24.2 Å². The number of rotatable bonds is 6. The molecule has 2 N–H and O–H groups in total. The Labute approximate surface area is 164 Å². The minimum Gasteiger partial charge on any atom is -0.490 e. The van der Waals surface area contributed by atoms with Gasteiger partial charge in [-0.1, -0.05) is 12.1 Å². The molecule has 152 valence electrons. The van der Waals surface area contributed by atoms with Crippen LogP contribution in [-0.4, -0.2) is 70.6 Å². The number of benzene rings is 1. The molecule has 1 aromatic carbocycles. The fourth-order valence-electron chi connectivity index (χ4n) is 3.47. The third-order valence-electron chi connectivity index (χ3n) is 5.03. The van der Waals surface area contributed by atoms with E-state index in [0.29, 0.717) is 11.3 Å². The Bertz CT molecular complexity index is 758. The first-order chi connectivity index (χ1) is 13.3. The highest BCUT2D eigenvalue weighted by Crippen LogP contribution is 2.22. The quantitative estimate of drug-likeness (QED) is 0.716. The molecule has 2 aliphatic heterocycles. The fourth-order valence-corrected chi connectivity index (χ4v) is 3.47. The molecule has 8 nitrogen and oxygen atoms in total. The number of likely N-dealkylation sites (tertiary alicyclic amines) is 1. The molecule has 0 aromatic heterocycles. The Kier molecular flexibility index (Phi) is 5.88. The Hall–Kier alpha value is -2.61. The summed E-state index contributed by atoms with van der Waals surface area (Å²) in [6.07, 6.45) is 2.06. The Morgan fingerprint density at radius 2 is 1.89 bits per heavy atom. The minimum atomic E-state index is -1.07. The molecule has 1 aromatic rings. The molecule has 0 saturated carbocycles. The van der Waals surface area contributed by atoms with Crippen LogP contribution in [0.2, 0.25) is 0 Å². The fraction of sp³-hybridized carbons (Fsp3) is 0.550. The van der Waals surface area contributed by atoms with Crippen molar-refractivity contribution in [3.8, 4) is 5.75 Å². The first kappa shape index (κ1) is 20.1. The van der Waals surface area contributed by atoms with Crippen LogP contribution in [0, 0.1) is 0 Å². The van der Waals surface area contributed by atoms with Crippen LogP contribution >= 0.6 is 0 Å². The van der Waals surface area contributed by atoms with E-state index in [1.54, 1.807) is 38.1 Å². The molecule has 2 saturated heterocycles. The summed E-state index contributed by atoms with van der Waals surface area (Å²) in [6.45, 7) is 4.38. The van der Waals surface area contributed by atoms with E-state index in [1.165, 1.54) is 0 Å². The maximum absolute atomic E-state index is 12.8. The molecular weight excluding hydrogens is 362 g/mol. The number of aliphatic hydroxyl groups is 1. The lowest BCUT2D eigenvalue weighted by Gasteiger charge is -2.27. The monoisotopic (exact) mass is 389 g/mol. The summed E-state index contributed by atoms with van der Waals surface area (Å²) in [5.74, 6) is -0.0903.